The Morgan fingerprint density at radius 3 is 2.00 bits per heavy atom. The van der Waals surface area contributed by atoms with Gasteiger partial charge in [0.25, 0.3) is 0 Å². The van der Waals surface area contributed by atoms with E-state index in [1.807, 2.05) is 0 Å². The van der Waals surface area contributed by atoms with Crippen LogP contribution in [0.4, 0.5) is 0 Å². The van der Waals surface area contributed by atoms with E-state index in [0.717, 1.165) is 38.5 Å². The summed E-state index contributed by atoms with van der Waals surface area (Å²) in [5.41, 5.74) is 5.90. The van der Waals surface area contributed by atoms with Crippen molar-refractivity contribution in [2.45, 2.75) is 56.7 Å². The maximum Gasteiger partial charge on any atom is 0.211 e. The van der Waals surface area contributed by atoms with E-state index in [1.54, 1.807) is 4.31 Å². The van der Waals surface area contributed by atoms with Crippen LogP contribution in [0.25, 0.3) is 0 Å². The fourth-order valence-corrected chi connectivity index (χ4v) is 3.85. The van der Waals surface area contributed by atoms with Crippen LogP contribution in [0.3, 0.4) is 0 Å². The number of nitrogens with zero attached hydrogens (tertiary/aromatic N) is 1. The largest absolute Gasteiger partial charge is 0.328 e. The predicted molar refractivity (Wildman–Crippen MR) is 72.8 cm³/mol. The molecule has 1 aliphatic carbocycles. The molecule has 2 fully saturated rings. The van der Waals surface area contributed by atoms with Gasteiger partial charge in [0.05, 0.1) is 6.26 Å². The monoisotopic (exact) mass is 275 g/mol. The van der Waals surface area contributed by atoms with E-state index in [-0.39, 0.29) is 0 Å². The SMILES string of the molecule is CS(=O)(=O)N1CCC(NC2CCC(N)CC2)CC1. The second kappa shape index (κ2) is 5.86. The number of nitrogens with one attached hydrogen (secondary N) is 1. The molecule has 18 heavy (non-hydrogen) atoms. The van der Waals surface area contributed by atoms with Gasteiger partial charge in [-0.2, -0.15) is 0 Å². The molecule has 0 bridgehead atoms. The molecule has 2 aliphatic rings. The minimum absolute atomic E-state index is 0.384. The van der Waals surface area contributed by atoms with Gasteiger partial charge in [-0.15, -0.1) is 0 Å². The minimum atomic E-state index is -3.00. The first-order valence-electron chi connectivity index (χ1n) is 6.92. The summed E-state index contributed by atoms with van der Waals surface area (Å²) < 4.78 is 24.4. The molecule has 106 valence electrons. The first kappa shape index (κ1) is 14.2. The zero-order chi connectivity index (χ0) is 13.2. The molecule has 6 heteroatoms. The predicted octanol–water partition coefficient (Wildman–Crippen LogP) is 0.270. The van der Waals surface area contributed by atoms with E-state index in [4.69, 9.17) is 5.73 Å². The Bertz CT molecular complexity index is 356. The Labute approximate surface area is 110 Å². The van der Waals surface area contributed by atoms with E-state index in [2.05, 4.69) is 5.32 Å². The third-order valence-corrected chi connectivity index (χ3v) is 5.47. The second-order valence-corrected chi connectivity index (χ2v) is 7.70. The van der Waals surface area contributed by atoms with Crippen LogP contribution in [0.5, 0.6) is 0 Å². The number of hydrogen-bond acceptors (Lipinski definition) is 4. The first-order chi connectivity index (χ1) is 8.45. The van der Waals surface area contributed by atoms with Gasteiger partial charge < -0.3 is 11.1 Å². The summed E-state index contributed by atoms with van der Waals surface area (Å²) >= 11 is 0. The Balaban J connectivity index is 1.74. The van der Waals surface area contributed by atoms with Gasteiger partial charge in [-0.3, -0.25) is 0 Å². The van der Waals surface area contributed by atoms with Crippen molar-refractivity contribution in [3.05, 3.63) is 0 Å². The second-order valence-electron chi connectivity index (χ2n) is 5.71. The molecule has 0 amide bonds. The molecule has 0 radical (unpaired) electrons. The molecule has 0 atom stereocenters. The first-order valence-corrected chi connectivity index (χ1v) is 8.77. The van der Waals surface area contributed by atoms with Gasteiger partial charge in [0.15, 0.2) is 0 Å². The quantitative estimate of drug-likeness (QED) is 0.775. The lowest BCUT2D eigenvalue weighted by molar-refractivity contribution is 0.247. The summed E-state index contributed by atoms with van der Waals surface area (Å²) in [6, 6.07) is 1.44. The van der Waals surface area contributed by atoms with Crippen molar-refractivity contribution < 1.29 is 8.42 Å². The molecule has 1 heterocycles. The fourth-order valence-electron chi connectivity index (χ4n) is 2.97. The van der Waals surface area contributed by atoms with E-state index in [0.29, 0.717) is 31.2 Å². The summed E-state index contributed by atoms with van der Waals surface area (Å²) in [4.78, 5) is 0. The minimum Gasteiger partial charge on any atom is -0.328 e. The highest BCUT2D eigenvalue weighted by atomic mass is 32.2. The van der Waals surface area contributed by atoms with Crippen LogP contribution in [-0.4, -0.2) is 50.2 Å². The highest BCUT2D eigenvalue weighted by Crippen LogP contribution is 2.20. The standard InChI is InChI=1S/C12H25N3O2S/c1-18(16,17)15-8-6-12(7-9-15)14-11-4-2-10(13)3-5-11/h10-12,14H,2-9,13H2,1H3. The van der Waals surface area contributed by atoms with Gasteiger partial charge in [-0.25, -0.2) is 12.7 Å². The van der Waals surface area contributed by atoms with Gasteiger partial charge >= 0.3 is 0 Å². The van der Waals surface area contributed by atoms with E-state index < -0.39 is 10.0 Å². The molecular formula is C12H25N3O2S. The van der Waals surface area contributed by atoms with Crippen molar-refractivity contribution in [3.63, 3.8) is 0 Å². The summed E-state index contributed by atoms with van der Waals surface area (Å²) in [5, 5.41) is 3.67. The van der Waals surface area contributed by atoms with Crippen molar-refractivity contribution in [1.29, 1.82) is 0 Å². The molecule has 0 aromatic rings. The van der Waals surface area contributed by atoms with E-state index in [1.165, 1.54) is 6.26 Å². The third-order valence-electron chi connectivity index (χ3n) is 4.17. The molecule has 1 aliphatic heterocycles. The number of hydrogen-bond donors (Lipinski definition) is 2. The highest BCUT2D eigenvalue weighted by Gasteiger charge is 2.27. The zero-order valence-corrected chi connectivity index (χ0v) is 12.0. The molecule has 3 N–H and O–H groups in total. The van der Waals surface area contributed by atoms with Crippen molar-refractivity contribution in [3.8, 4) is 0 Å². The van der Waals surface area contributed by atoms with Gasteiger partial charge in [0, 0.05) is 31.2 Å². The summed E-state index contributed by atoms with van der Waals surface area (Å²) in [7, 11) is -3.00. The van der Waals surface area contributed by atoms with Crippen LogP contribution in [0, 0.1) is 0 Å². The molecule has 5 nitrogen and oxygen atoms in total. The summed E-state index contributed by atoms with van der Waals surface area (Å²) in [5.74, 6) is 0. The maximum absolute atomic E-state index is 11.4. The average Bonchev–Trinajstić information content (AvgIpc) is 2.32. The number of rotatable bonds is 3. The Kier molecular flexibility index (Phi) is 4.64. The highest BCUT2D eigenvalue weighted by molar-refractivity contribution is 7.88. The number of piperidine rings is 1. The van der Waals surface area contributed by atoms with Crippen molar-refractivity contribution in [2.75, 3.05) is 19.3 Å². The molecule has 0 spiro atoms. The summed E-state index contributed by atoms with van der Waals surface area (Å²) in [6.45, 7) is 1.31. The number of sulfonamides is 1. The molecule has 0 aromatic heterocycles. The molecule has 2 rings (SSSR count). The Morgan fingerprint density at radius 2 is 1.50 bits per heavy atom. The zero-order valence-electron chi connectivity index (χ0n) is 11.1. The van der Waals surface area contributed by atoms with Crippen LogP contribution in [0.1, 0.15) is 38.5 Å². The van der Waals surface area contributed by atoms with Crippen molar-refractivity contribution in [2.24, 2.45) is 5.73 Å². The van der Waals surface area contributed by atoms with Crippen molar-refractivity contribution >= 4 is 10.0 Å². The molecule has 0 aromatic carbocycles. The van der Waals surface area contributed by atoms with Gasteiger partial charge in [-0.05, 0) is 38.5 Å². The van der Waals surface area contributed by atoms with Crippen molar-refractivity contribution in [1.82, 2.24) is 9.62 Å². The third kappa shape index (κ3) is 3.91. The maximum atomic E-state index is 11.4. The van der Waals surface area contributed by atoms with E-state index in [9.17, 15) is 8.42 Å². The lowest BCUT2D eigenvalue weighted by Crippen LogP contribution is -2.48. The van der Waals surface area contributed by atoms with Crippen LogP contribution in [0.2, 0.25) is 0 Å². The molecular weight excluding hydrogens is 250 g/mol. The normalized spacial score (nSPS) is 32.6. The molecule has 0 unspecified atom stereocenters. The Hall–Kier alpha value is -0.170. The van der Waals surface area contributed by atoms with Crippen LogP contribution < -0.4 is 11.1 Å². The molecule has 1 saturated heterocycles. The topological polar surface area (TPSA) is 75.4 Å². The average molecular weight is 275 g/mol. The van der Waals surface area contributed by atoms with Crippen LogP contribution in [-0.2, 0) is 10.0 Å². The lowest BCUT2D eigenvalue weighted by atomic mass is 9.90. The molecule has 1 saturated carbocycles. The smallest absolute Gasteiger partial charge is 0.211 e. The fraction of sp³-hybridized carbons (Fsp3) is 1.00. The van der Waals surface area contributed by atoms with Crippen LogP contribution in [0.15, 0.2) is 0 Å². The van der Waals surface area contributed by atoms with Crippen LogP contribution >= 0.6 is 0 Å². The van der Waals surface area contributed by atoms with Gasteiger partial charge in [0.1, 0.15) is 0 Å². The Morgan fingerprint density at radius 1 is 1.00 bits per heavy atom. The van der Waals surface area contributed by atoms with Gasteiger partial charge in [-0.1, -0.05) is 0 Å². The van der Waals surface area contributed by atoms with Gasteiger partial charge in [0.2, 0.25) is 10.0 Å². The lowest BCUT2D eigenvalue weighted by Gasteiger charge is -2.35. The summed E-state index contributed by atoms with van der Waals surface area (Å²) in [6.07, 6.45) is 7.69. The number of nitrogens with two attached hydrogens (primary N) is 1. The van der Waals surface area contributed by atoms with E-state index >= 15 is 0 Å².